The van der Waals surface area contributed by atoms with Crippen LogP contribution < -0.4 is 10.9 Å². The van der Waals surface area contributed by atoms with Crippen LogP contribution in [-0.2, 0) is 6.54 Å². The molecule has 0 bridgehead atoms. The van der Waals surface area contributed by atoms with Crippen molar-refractivity contribution < 1.29 is 0 Å². The number of aromatic nitrogens is 2. The van der Waals surface area contributed by atoms with Crippen LogP contribution in [0, 0.1) is 5.92 Å². The predicted molar refractivity (Wildman–Crippen MR) is 83.5 cm³/mol. The first kappa shape index (κ1) is 15.4. The molecule has 112 valence electrons. The highest BCUT2D eigenvalue weighted by atomic mass is 35.5. The number of halogens is 1. The van der Waals surface area contributed by atoms with E-state index in [-0.39, 0.29) is 10.6 Å². The van der Waals surface area contributed by atoms with Gasteiger partial charge in [-0.15, -0.1) is 0 Å². The maximum atomic E-state index is 12.1. The summed E-state index contributed by atoms with van der Waals surface area (Å²) in [5.74, 6) is 0.786. The molecule has 2 rings (SSSR count). The minimum absolute atomic E-state index is 0.193. The van der Waals surface area contributed by atoms with Crippen molar-refractivity contribution in [1.82, 2.24) is 9.78 Å². The average molecular weight is 298 g/mol. The predicted octanol–water partition coefficient (Wildman–Crippen LogP) is 3.69. The number of hydrogen-bond donors (Lipinski definition) is 1. The van der Waals surface area contributed by atoms with Crippen LogP contribution in [-0.4, -0.2) is 15.8 Å². The Kier molecular flexibility index (Phi) is 5.46. The van der Waals surface area contributed by atoms with E-state index in [1.807, 2.05) is 6.92 Å². The Bertz CT molecular complexity index is 500. The summed E-state index contributed by atoms with van der Waals surface area (Å²) in [7, 11) is 0. The summed E-state index contributed by atoms with van der Waals surface area (Å²) in [5.41, 5.74) is 0.493. The molecule has 1 saturated carbocycles. The van der Waals surface area contributed by atoms with E-state index in [4.69, 9.17) is 11.6 Å². The summed E-state index contributed by atoms with van der Waals surface area (Å²) in [5, 5.41) is 7.88. The van der Waals surface area contributed by atoms with Gasteiger partial charge in [0, 0.05) is 12.6 Å². The van der Waals surface area contributed by atoms with Gasteiger partial charge in [0.1, 0.15) is 5.02 Å². The smallest absolute Gasteiger partial charge is 0.287 e. The summed E-state index contributed by atoms with van der Waals surface area (Å²) < 4.78 is 1.43. The molecule has 0 radical (unpaired) electrons. The molecule has 1 N–H and O–H groups in total. The normalized spacial score (nSPS) is 22.8. The van der Waals surface area contributed by atoms with Crippen LogP contribution in [0.5, 0.6) is 0 Å². The molecule has 1 heterocycles. The van der Waals surface area contributed by atoms with Gasteiger partial charge in [-0.1, -0.05) is 44.7 Å². The van der Waals surface area contributed by atoms with Crippen molar-refractivity contribution in [2.24, 2.45) is 5.92 Å². The lowest BCUT2D eigenvalue weighted by Crippen LogP contribution is -2.30. The first-order valence-corrected chi connectivity index (χ1v) is 8.05. The summed E-state index contributed by atoms with van der Waals surface area (Å²) in [4.78, 5) is 12.1. The SMILES string of the molecule is CCCn1ncc(NC2CCCC(CC)C2)c(Cl)c1=O. The third kappa shape index (κ3) is 3.54. The number of rotatable bonds is 5. The zero-order valence-corrected chi connectivity index (χ0v) is 13.1. The molecule has 0 amide bonds. The fourth-order valence-electron chi connectivity index (χ4n) is 2.95. The van der Waals surface area contributed by atoms with E-state index in [1.165, 1.54) is 23.9 Å². The van der Waals surface area contributed by atoms with Gasteiger partial charge in [-0.3, -0.25) is 4.79 Å². The van der Waals surface area contributed by atoms with Crippen molar-refractivity contribution in [2.45, 2.75) is 65.0 Å². The molecule has 1 aliphatic carbocycles. The highest BCUT2D eigenvalue weighted by molar-refractivity contribution is 6.32. The van der Waals surface area contributed by atoms with Crippen molar-refractivity contribution in [2.75, 3.05) is 5.32 Å². The third-order valence-corrected chi connectivity index (χ3v) is 4.51. The van der Waals surface area contributed by atoms with Crippen LogP contribution >= 0.6 is 11.6 Å². The molecule has 1 aliphatic rings. The van der Waals surface area contributed by atoms with Gasteiger partial charge in [0.2, 0.25) is 0 Å². The van der Waals surface area contributed by atoms with E-state index >= 15 is 0 Å². The van der Waals surface area contributed by atoms with Crippen LogP contribution in [0.2, 0.25) is 5.02 Å². The zero-order valence-electron chi connectivity index (χ0n) is 12.4. The third-order valence-electron chi connectivity index (χ3n) is 4.14. The Morgan fingerprint density at radius 1 is 1.45 bits per heavy atom. The van der Waals surface area contributed by atoms with Crippen molar-refractivity contribution in [3.05, 3.63) is 21.6 Å². The van der Waals surface area contributed by atoms with E-state index < -0.39 is 0 Å². The van der Waals surface area contributed by atoms with Gasteiger partial charge in [0.25, 0.3) is 5.56 Å². The second-order valence-electron chi connectivity index (χ2n) is 5.68. The topological polar surface area (TPSA) is 46.9 Å². The number of nitrogens with one attached hydrogen (secondary N) is 1. The van der Waals surface area contributed by atoms with Crippen LogP contribution in [0.4, 0.5) is 5.69 Å². The van der Waals surface area contributed by atoms with Crippen molar-refractivity contribution in [3.8, 4) is 0 Å². The minimum Gasteiger partial charge on any atom is -0.380 e. The summed E-state index contributed by atoms with van der Waals surface area (Å²) in [6.45, 7) is 4.87. The molecule has 5 heteroatoms. The fourth-order valence-corrected chi connectivity index (χ4v) is 3.15. The first-order chi connectivity index (χ1) is 9.65. The largest absolute Gasteiger partial charge is 0.380 e. The molecule has 0 aliphatic heterocycles. The van der Waals surface area contributed by atoms with Crippen LogP contribution in [0.1, 0.15) is 52.4 Å². The number of hydrogen-bond acceptors (Lipinski definition) is 3. The van der Waals surface area contributed by atoms with E-state index in [1.54, 1.807) is 6.20 Å². The molecular formula is C15H24ClN3O. The van der Waals surface area contributed by atoms with E-state index in [9.17, 15) is 4.79 Å². The van der Waals surface area contributed by atoms with E-state index in [0.29, 0.717) is 18.3 Å². The number of nitrogens with zero attached hydrogens (tertiary/aromatic N) is 2. The first-order valence-electron chi connectivity index (χ1n) is 7.67. The monoisotopic (exact) mass is 297 g/mol. The second kappa shape index (κ2) is 7.11. The number of anilines is 1. The lowest BCUT2D eigenvalue weighted by Gasteiger charge is -2.29. The molecule has 4 nitrogen and oxygen atoms in total. The van der Waals surface area contributed by atoms with Gasteiger partial charge in [-0.25, -0.2) is 4.68 Å². The standard InChI is InChI=1S/C15H24ClN3O/c1-3-8-19-15(20)14(16)13(10-17-19)18-12-7-5-6-11(4-2)9-12/h10-12,18H,3-9H2,1-2H3. The van der Waals surface area contributed by atoms with Gasteiger partial charge in [0.05, 0.1) is 11.9 Å². The molecule has 20 heavy (non-hydrogen) atoms. The van der Waals surface area contributed by atoms with Gasteiger partial charge in [-0.2, -0.15) is 5.10 Å². The molecular weight excluding hydrogens is 274 g/mol. The number of aryl methyl sites for hydroxylation is 1. The van der Waals surface area contributed by atoms with Gasteiger partial charge in [-0.05, 0) is 25.2 Å². The fraction of sp³-hybridized carbons (Fsp3) is 0.733. The van der Waals surface area contributed by atoms with Crippen molar-refractivity contribution >= 4 is 17.3 Å². The second-order valence-corrected chi connectivity index (χ2v) is 6.06. The summed E-state index contributed by atoms with van der Waals surface area (Å²) >= 11 is 6.19. The Morgan fingerprint density at radius 2 is 2.25 bits per heavy atom. The maximum Gasteiger partial charge on any atom is 0.287 e. The van der Waals surface area contributed by atoms with Crippen molar-refractivity contribution in [3.63, 3.8) is 0 Å². The molecule has 2 atom stereocenters. The van der Waals surface area contributed by atoms with Crippen LogP contribution in [0.25, 0.3) is 0 Å². The highest BCUT2D eigenvalue weighted by Gasteiger charge is 2.21. The molecule has 1 fully saturated rings. The molecule has 0 saturated heterocycles. The van der Waals surface area contributed by atoms with E-state index in [0.717, 1.165) is 25.2 Å². The van der Waals surface area contributed by atoms with Gasteiger partial charge < -0.3 is 5.32 Å². The molecule has 0 aromatic carbocycles. The van der Waals surface area contributed by atoms with Crippen LogP contribution in [0.3, 0.4) is 0 Å². The average Bonchev–Trinajstić information content (AvgIpc) is 2.47. The molecule has 1 aromatic heterocycles. The van der Waals surface area contributed by atoms with E-state index in [2.05, 4.69) is 17.3 Å². The summed E-state index contributed by atoms with van der Waals surface area (Å²) in [6, 6.07) is 0.412. The molecule has 2 unspecified atom stereocenters. The zero-order chi connectivity index (χ0) is 14.5. The quantitative estimate of drug-likeness (QED) is 0.901. The van der Waals surface area contributed by atoms with Crippen molar-refractivity contribution in [1.29, 1.82) is 0 Å². The lowest BCUT2D eigenvalue weighted by molar-refractivity contribution is 0.327. The Morgan fingerprint density at radius 3 is 2.95 bits per heavy atom. The minimum atomic E-state index is -0.193. The molecule has 1 aromatic rings. The Hall–Kier alpha value is -1.03. The summed E-state index contributed by atoms with van der Waals surface area (Å²) in [6.07, 6.45) is 8.65. The van der Waals surface area contributed by atoms with Crippen LogP contribution in [0.15, 0.2) is 11.0 Å². The molecule has 0 spiro atoms. The Balaban J connectivity index is 2.10. The highest BCUT2D eigenvalue weighted by Crippen LogP contribution is 2.29. The van der Waals surface area contributed by atoms with Gasteiger partial charge in [0.15, 0.2) is 0 Å². The lowest BCUT2D eigenvalue weighted by atomic mass is 9.84. The maximum absolute atomic E-state index is 12.1. The van der Waals surface area contributed by atoms with Gasteiger partial charge >= 0.3 is 0 Å². The Labute approximate surface area is 125 Å².